The van der Waals surface area contributed by atoms with Gasteiger partial charge < -0.3 is 10.8 Å². The Morgan fingerprint density at radius 2 is 1.82 bits per heavy atom. The highest BCUT2D eigenvalue weighted by atomic mass is 32.2. The van der Waals surface area contributed by atoms with E-state index in [0.717, 1.165) is 9.87 Å². The van der Waals surface area contributed by atoms with E-state index >= 15 is 0 Å². The summed E-state index contributed by atoms with van der Waals surface area (Å²) in [5.74, 6) is 0. The number of benzene rings is 1. The van der Waals surface area contributed by atoms with Crippen LogP contribution in [0.15, 0.2) is 17.0 Å². The van der Waals surface area contributed by atoms with Crippen LogP contribution in [0.5, 0.6) is 0 Å². The largest absolute Gasteiger partial charge is 0.397 e. The van der Waals surface area contributed by atoms with Crippen LogP contribution in [0.1, 0.15) is 11.1 Å². The van der Waals surface area contributed by atoms with E-state index in [-0.39, 0.29) is 23.7 Å². The number of rotatable bonds is 4. The average molecular weight is 258 g/mol. The number of nitrogens with two attached hydrogens (primary N) is 1. The Morgan fingerprint density at radius 1 is 1.29 bits per heavy atom. The fourth-order valence-electron chi connectivity index (χ4n) is 1.57. The summed E-state index contributed by atoms with van der Waals surface area (Å²) in [6, 6.07) is 3.51. The standard InChI is InChI=1S/C11H18N2O3S/c1-8-4-5-9(2)11(10(8)12)17(15,16)13(3)6-7-14/h4-5,14H,6-7,12H2,1-3H3. The summed E-state index contributed by atoms with van der Waals surface area (Å²) in [6.07, 6.45) is 0. The maximum atomic E-state index is 12.3. The first-order chi connectivity index (χ1) is 7.82. The minimum absolute atomic E-state index is 0.0507. The second kappa shape index (κ2) is 5.03. The molecule has 0 aliphatic rings. The summed E-state index contributed by atoms with van der Waals surface area (Å²) in [4.78, 5) is 0.133. The van der Waals surface area contributed by atoms with Gasteiger partial charge in [0.1, 0.15) is 4.90 Å². The van der Waals surface area contributed by atoms with Crippen LogP contribution in [0.25, 0.3) is 0 Å². The minimum Gasteiger partial charge on any atom is -0.397 e. The number of anilines is 1. The molecule has 1 rings (SSSR count). The van der Waals surface area contributed by atoms with Crippen LogP contribution in [0.3, 0.4) is 0 Å². The molecule has 0 amide bonds. The van der Waals surface area contributed by atoms with Crippen molar-refractivity contribution < 1.29 is 13.5 Å². The lowest BCUT2D eigenvalue weighted by Crippen LogP contribution is -2.30. The van der Waals surface area contributed by atoms with Crippen molar-refractivity contribution in [1.29, 1.82) is 0 Å². The van der Waals surface area contributed by atoms with Crippen LogP contribution < -0.4 is 5.73 Å². The average Bonchev–Trinajstić information content (AvgIpc) is 2.24. The number of nitrogens with zero attached hydrogens (tertiary/aromatic N) is 1. The van der Waals surface area contributed by atoms with Crippen LogP contribution in [-0.4, -0.2) is 38.0 Å². The quantitative estimate of drug-likeness (QED) is 0.770. The summed E-state index contributed by atoms with van der Waals surface area (Å²) < 4.78 is 25.6. The lowest BCUT2D eigenvalue weighted by Gasteiger charge is -2.19. The first-order valence-corrected chi connectivity index (χ1v) is 6.69. The van der Waals surface area contributed by atoms with Gasteiger partial charge in [0.15, 0.2) is 0 Å². The summed E-state index contributed by atoms with van der Waals surface area (Å²) in [5, 5.41) is 8.80. The Bertz CT molecular complexity index is 512. The molecule has 0 spiro atoms. The molecule has 0 saturated heterocycles. The van der Waals surface area contributed by atoms with E-state index in [2.05, 4.69) is 0 Å². The fourth-order valence-corrected chi connectivity index (χ4v) is 3.11. The molecule has 5 nitrogen and oxygen atoms in total. The summed E-state index contributed by atoms with van der Waals surface area (Å²) in [7, 11) is -2.21. The summed E-state index contributed by atoms with van der Waals surface area (Å²) >= 11 is 0. The van der Waals surface area contributed by atoms with Crippen LogP contribution in [-0.2, 0) is 10.0 Å². The molecule has 1 aromatic rings. The minimum atomic E-state index is -3.64. The summed E-state index contributed by atoms with van der Waals surface area (Å²) in [5.41, 5.74) is 7.45. The SMILES string of the molecule is Cc1ccc(C)c(S(=O)(=O)N(C)CCO)c1N. The maximum Gasteiger partial charge on any atom is 0.245 e. The van der Waals surface area contributed by atoms with Crippen molar-refractivity contribution in [2.75, 3.05) is 25.9 Å². The van der Waals surface area contributed by atoms with Crippen LogP contribution in [0.2, 0.25) is 0 Å². The van der Waals surface area contributed by atoms with E-state index < -0.39 is 10.0 Å². The molecule has 0 saturated carbocycles. The number of aryl methyl sites for hydroxylation is 2. The molecule has 0 atom stereocenters. The van der Waals surface area contributed by atoms with Gasteiger partial charge in [-0.3, -0.25) is 0 Å². The third kappa shape index (κ3) is 2.59. The van der Waals surface area contributed by atoms with E-state index in [9.17, 15) is 8.42 Å². The first-order valence-electron chi connectivity index (χ1n) is 5.25. The van der Waals surface area contributed by atoms with Crippen molar-refractivity contribution in [3.63, 3.8) is 0 Å². The monoisotopic (exact) mass is 258 g/mol. The highest BCUT2D eigenvalue weighted by Gasteiger charge is 2.25. The number of aliphatic hydroxyl groups is 1. The highest BCUT2D eigenvalue weighted by molar-refractivity contribution is 7.89. The third-order valence-electron chi connectivity index (χ3n) is 2.69. The van der Waals surface area contributed by atoms with E-state index in [1.54, 1.807) is 26.0 Å². The fraction of sp³-hybridized carbons (Fsp3) is 0.455. The number of sulfonamides is 1. The van der Waals surface area contributed by atoms with Crippen molar-refractivity contribution in [3.8, 4) is 0 Å². The molecule has 1 aromatic carbocycles. The van der Waals surface area contributed by atoms with Gasteiger partial charge in [-0.25, -0.2) is 8.42 Å². The molecule has 0 fully saturated rings. The van der Waals surface area contributed by atoms with E-state index in [1.165, 1.54) is 7.05 Å². The van der Waals surface area contributed by atoms with E-state index in [0.29, 0.717) is 5.56 Å². The second-order valence-electron chi connectivity index (χ2n) is 3.99. The van der Waals surface area contributed by atoms with Gasteiger partial charge in [0, 0.05) is 13.6 Å². The molecule has 0 aromatic heterocycles. The Morgan fingerprint density at radius 3 is 2.35 bits per heavy atom. The van der Waals surface area contributed by atoms with Crippen molar-refractivity contribution in [2.24, 2.45) is 0 Å². The van der Waals surface area contributed by atoms with Crippen molar-refractivity contribution in [3.05, 3.63) is 23.3 Å². The zero-order valence-corrected chi connectivity index (χ0v) is 11.1. The Balaban J connectivity index is 3.38. The van der Waals surface area contributed by atoms with Crippen molar-refractivity contribution in [2.45, 2.75) is 18.7 Å². The van der Waals surface area contributed by atoms with Crippen molar-refractivity contribution >= 4 is 15.7 Å². The molecule has 0 unspecified atom stereocenters. The molecule has 3 N–H and O–H groups in total. The van der Waals surface area contributed by atoms with E-state index in [4.69, 9.17) is 10.8 Å². The third-order valence-corrected chi connectivity index (χ3v) is 4.76. The lowest BCUT2D eigenvalue weighted by atomic mass is 10.1. The number of hydrogen-bond donors (Lipinski definition) is 2. The normalized spacial score (nSPS) is 12.1. The lowest BCUT2D eigenvalue weighted by molar-refractivity contribution is 0.266. The van der Waals surface area contributed by atoms with Gasteiger partial charge in [-0.2, -0.15) is 4.31 Å². The van der Waals surface area contributed by atoms with Gasteiger partial charge in [0.05, 0.1) is 12.3 Å². The predicted octanol–water partition coefficient (Wildman–Crippen LogP) is 0.498. The van der Waals surface area contributed by atoms with Gasteiger partial charge in [-0.05, 0) is 25.0 Å². The molecule has 0 aliphatic heterocycles. The molecule has 96 valence electrons. The topological polar surface area (TPSA) is 83.6 Å². The van der Waals surface area contributed by atoms with E-state index in [1.807, 2.05) is 0 Å². The first kappa shape index (κ1) is 14.0. The number of likely N-dealkylation sites (N-methyl/N-ethyl adjacent to an activating group) is 1. The number of nitrogen functional groups attached to an aromatic ring is 1. The zero-order valence-electron chi connectivity index (χ0n) is 10.3. The molecular formula is C11H18N2O3S. The molecule has 17 heavy (non-hydrogen) atoms. The molecule has 0 bridgehead atoms. The molecule has 0 aliphatic carbocycles. The van der Waals surface area contributed by atoms with Gasteiger partial charge in [0.2, 0.25) is 10.0 Å². The second-order valence-corrected chi connectivity index (χ2v) is 5.97. The Kier molecular flexibility index (Phi) is 4.13. The molecule has 0 heterocycles. The van der Waals surface area contributed by atoms with Crippen LogP contribution >= 0.6 is 0 Å². The van der Waals surface area contributed by atoms with Crippen LogP contribution in [0.4, 0.5) is 5.69 Å². The smallest absolute Gasteiger partial charge is 0.245 e. The van der Waals surface area contributed by atoms with Gasteiger partial charge in [-0.1, -0.05) is 12.1 Å². The van der Waals surface area contributed by atoms with Crippen LogP contribution in [0, 0.1) is 13.8 Å². The predicted molar refractivity (Wildman–Crippen MR) is 67.2 cm³/mol. The number of hydrogen-bond acceptors (Lipinski definition) is 4. The summed E-state index contributed by atoms with van der Waals surface area (Å²) in [6.45, 7) is 3.30. The van der Waals surface area contributed by atoms with Gasteiger partial charge in [0.25, 0.3) is 0 Å². The molecular weight excluding hydrogens is 240 g/mol. The molecule has 6 heteroatoms. The number of aliphatic hydroxyl groups excluding tert-OH is 1. The maximum absolute atomic E-state index is 12.3. The Labute approximate surface area is 102 Å². The molecule has 0 radical (unpaired) electrons. The van der Waals surface area contributed by atoms with Gasteiger partial charge >= 0.3 is 0 Å². The van der Waals surface area contributed by atoms with Gasteiger partial charge in [-0.15, -0.1) is 0 Å². The van der Waals surface area contributed by atoms with Crippen molar-refractivity contribution in [1.82, 2.24) is 4.31 Å². The Hall–Kier alpha value is -1.11. The highest BCUT2D eigenvalue weighted by Crippen LogP contribution is 2.27. The zero-order chi connectivity index (χ0) is 13.2.